The zero-order valence-corrected chi connectivity index (χ0v) is 18.9. The first-order chi connectivity index (χ1) is 14.1. The van der Waals surface area contributed by atoms with E-state index < -0.39 is 11.6 Å². The number of carbonyl (C=O) groups excluding carboxylic acids is 1. The van der Waals surface area contributed by atoms with Crippen LogP contribution in [0.25, 0.3) is 11.3 Å². The Bertz CT molecular complexity index is 994. The number of allylic oxidation sites excluding steroid dienone is 3. The summed E-state index contributed by atoms with van der Waals surface area (Å²) in [5.41, 5.74) is 0.679. The smallest absolute Gasteiger partial charge is 0.355 e. The zero-order chi connectivity index (χ0) is 22.3. The van der Waals surface area contributed by atoms with Crippen LogP contribution in [-0.4, -0.2) is 33.8 Å². The van der Waals surface area contributed by atoms with Crippen LogP contribution in [0.1, 0.15) is 20.8 Å². The number of aromatic hydroxyl groups is 1. The fourth-order valence-corrected chi connectivity index (χ4v) is 2.69. The van der Waals surface area contributed by atoms with Crippen molar-refractivity contribution in [2.45, 2.75) is 26.4 Å². The second-order valence-corrected chi connectivity index (χ2v) is 7.89. The Labute approximate surface area is 184 Å². The molecule has 0 atom stereocenters. The van der Waals surface area contributed by atoms with Gasteiger partial charge in [0.2, 0.25) is 0 Å². The third-order valence-electron chi connectivity index (χ3n) is 3.55. The lowest BCUT2D eigenvalue weighted by Crippen LogP contribution is -2.27. The minimum atomic E-state index is -0.685. The normalized spacial score (nSPS) is 12.3. The average molecular weight is 474 g/mol. The van der Waals surface area contributed by atoms with Gasteiger partial charge in [0.25, 0.3) is 0 Å². The van der Waals surface area contributed by atoms with Crippen molar-refractivity contribution in [2.75, 3.05) is 12.4 Å². The summed E-state index contributed by atoms with van der Waals surface area (Å²) in [6.07, 6.45) is 6.18. The van der Waals surface area contributed by atoms with Gasteiger partial charge in [-0.05, 0) is 54.9 Å². The molecular weight excluding hydrogens is 450 g/mol. The standard InChI is InChI=1S/C22H24BrN3O4/c1-6-8-16(29-5)12-17(21(28)30-22(2,3)4)26-20-19(23)25-18(13-24-20)14-9-7-10-15(27)11-14/h6-13,27H,1H2,2-5H3,(H,24,26)/b16-8-,17-12-. The summed E-state index contributed by atoms with van der Waals surface area (Å²) in [5, 5.41) is 12.6. The van der Waals surface area contributed by atoms with E-state index in [0.717, 1.165) is 0 Å². The molecule has 0 fully saturated rings. The number of carbonyl (C=O) groups is 1. The number of phenols is 1. The maximum Gasteiger partial charge on any atom is 0.355 e. The van der Waals surface area contributed by atoms with Crippen LogP contribution < -0.4 is 5.32 Å². The first kappa shape index (κ1) is 23.2. The van der Waals surface area contributed by atoms with E-state index in [9.17, 15) is 9.90 Å². The molecular formula is C22H24BrN3O4. The Morgan fingerprint density at radius 1 is 1.33 bits per heavy atom. The lowest BCUT2D eigenvalue weighted by Gasteiger charge is -2.21. The predicted molar refractivity (Wildman–Crippen MR) is 120 cm³/mol. The first-order valence-corrected chi connectivity index (χ1v) is 9.83. The van der Waals surface area contributed by atoms with Crippen molar-refractivity contribution in [3.8, 4) is 17.0 Å². The van der Waals surface area contributed by atoms with E-state index in [4.69, 9.17) is 9.47 Å². The van der Waals surface area contributed by atoms with Crippen LogP contribution in [0.15, 0.2) is 71.3 Å². The fraction of sp³-hybridized carbons (Fsp3) is 0.227. The number of ether oxygens (including phenoxy) is 2. The van der Waals surface area contributed by atoms with E-state index in [-0.39, 0.29) is 11.4 Å². The fourth-order valence-electron chi connectivity index (χ4n) is 2.29. The van der Waals surface area contributed by atoms with E-state index in [1.165, 1.54) is 19.4 Å². The lowest BCUT2D eigenvalue weighted by molar-refractivity contribution is -0.149. The Balaban J connectivity index is 2.39. The van der Waals surface area contributed by atoms with Crippen LogP contribution in [0.4, 0.5) is 5.82 Å². The maximum atomic E-state index is 12.7. The average Bonchev–Trinajstić information content (AvgIpc) is 2.66. The van der Waals surface area contributed by atoms with Crippen molar-refractivity contribution >= 4 is 27.7 Å². The summed E-state index contributed by atoms with van der Waals surface area (Å²) in [7, 11) is 1.48. The molecule has 30 heavy (non-hydrogen) atoms. The molecule has 0 unspecified atom stereocenters. The van der Waals surface area contributed by atoms with Gasteiger partial charge in [0, 0.05) is 11.6 Å². The van der Waals surface area contributed by atoms with Crippen LogP contribution in [0.2, 0.25) is 0 Å². The van der Waals surface area contributed by atoms with E-state index in [1.54, 1.807) is 57.2 Å². The topological polar surface area (TPSA) is 93.6 Å². The summed E-state index contributed by atoms with van der Waals surface area (Å²) in [5.74, 6) is 0.257. The molecule has 0 saturated heterocycles. The number of benzene rings is 1. The van der Waals surface area contributed by atoms with Crippen molar-refractivity contribution < 1.29 is 19.4 Å². The maximum absolute atomic E-state index is 12.7. The van der Waals surface area contributed by atoms with Gasteiger partial charge in [0.1, 0.15) is 27.4 Å². The molecule has 0 saturated carbocycles. The van der Waals surface area contributed by atoms with Crippen LogP contribution in [0.5, 0.6) is 5.75 Å². The second-order valence-electron chi connectivity index (χ2n) is 7.14. The number of methoxy groups -OCH3 is 1. The highest BCUT2D eigenvalue weighted by molar-refractivity contribution is 9.10. The number of nitrogens with zero attached hydrogens (tertiary/aromatic N) is 2. The Kier molecular flexibility index (Phi) is 7.77. The molecule has 8 heteroatoms. The van der Waals surface area contributed by atoms with E-state index >= 15 is 0 Å². The van der Waals surface area contributed by atoms with Gasteiger partial charge in [-0.2, -0.15) is 0 Å². The number of aromatic nitrogens is 2. The van der Waals surface area contributed by atoms with Crippen LogP contribution in [-0.2, 0) is 14.3 Å². The van der Waals surface area contributed by atoms with Crippen LogP contribution in [0.3, 0.4) is 0 Å². The molecule has 0 amide bonds. The number of nitrogens with one attached hydrogen (secondary N) is 1. The zero-order valence-electron chi connectivity index (χ0n) is 17.3. The van der Waals surface area contributed by atoms with Gasteiger partial charge in [-0.1, -0.05) is 24.8 Å². The molecule has 1 aromatic heterocycles. The molecule has 7 nitrogen and oxygen atoms in total. The van der Waals surface area contributed by atoms with Crippen molar-refractivity contribution in [3.63, 3.8) is 0 Å². The minimum absolute atomic E-state index is 0.111. The molecule has 0 bridgehead atoms. The Hall–Kier alpha value is -3.13. The first-order valence-electron chi connectivity index (χ1n) is 9.03. The summed E-state index contributed by atoms with van der Waals surface area (Å²) >= 11 is 3.38. The van der Waals surface area contributed by atoms with E-state index in [1.807, 2.05) is 0 Å². The lowest BCUT2D eigenvalue weighted by atomic mass is 10.1. The number of halogens is 1. The third-order valence-corrected chi connectivity index (χ3v) is 4.10. The molecule has 2 N–H and O–H groups in total. The van der Waals surface area contributed by atoms with Crippen molar-refractivity contribution in [1.82, 2.24) is 9.97 Å². The quantitative estimate of drug-likeness (QED) is 0.253. The highest BCUT2D eigenvalue weighted by atomic mass is 79.9. The van der Waals surface area contributed by atoms with Gasteiger partial charge in [0.05, 0.1) is 19.0 Å². The Morgan fingerprint density at radius 2 is 2.07 bits per heavy atom. The van der Waals surface area contributed by atoms with Gasteiger partial charge in [0.15, 0.2) is 5.82 Å². The van der Waals surface area contributed by atoms with Crippen molar-refractivity contribution in [3.05, 3.63) is 71.3 Å². The Morgan fingerprint density at radius 3 is 2.63 bits per heavy atom. The molecule has 2 aromatic rings. The second kappa shape index (κ2) is 10.1. The summed E-state index contributed by atoms with van der Waals surface area (Å²) in [6, 6.07) is 6.68. The highest BCUT2D eigenvalue weighted by Crippen LogP contribution is 2.26. The molecule has 0 radical (unpaired) electrons. The number of hydrogen-bond donors (Lipinski definition) is 2. The molecule has 0 aliphatic carbocycles. The number of esters is 1. The highest BCUT2D eigenvalue weighted by Gasteiger charge is 2.22. The molecule has 1 aromatic carbocycles. The third kappa shape index (κ3) is 6.73. The molecule has 2 rings (SSSR count). The molecule has 0 spiro atoms. The van der Waals surface area contributed by atoms with Crippen LogP contribution in [0, 0.1) is 0 Å². The van der Waals surface area contributed by atoms with Gasteiger partial charge in [-0.15, -0.1) is 0 Å². The van der Waals surface area contributed by atoms with E-state index in [0.29, 0.717) is 27.4 Å². The molecule has 0 aliphatic rings. The van der Waals surface area contributed by atoms with Crippen molar-refractivity contribution in [1.29, 1.82) is 0 Å². The molecule has 158 valence electrons. The molecule has 0 aliphatic heterocycles. The summed E-state index contributed by atoms with van der Waals surface area (Å²) in [4.78, 5) is 21.5. The molecule has 1 heterocycles. The van der Waals surface area contributed by atoms with Gasteiger partial charge < -0.3 is 19.9 Å². The van der Waals surface area contributed by atoms with Gasteiger partial charge in [-0.3, -0.25) is 0 Å². The SMILES string of the molecule is C=C/C=C(/C=C(\Nc1ncc(-c2cccc(O)c2)nc1Br)C(=O)OC(C)(C)C)OC. The number of phenolic OH excluding ortho intramolecular Hbond substituents is 1. The summed E-state index contributed by atoms with van der Waals surface area (Å²) < 4.78 is 11.1. The van der Waals surface area contributed by atoms with Crippen molar-refractivity contribution in [2.24, 2.45) is 0 Å². The summed E-state index contributed by atoms with van der Waals surface area (Å²) in [6.45, 7) is 8.96. The van der Waals surface area contributed by atoms with Gasteiger partial charge >= 0.3 is 5.97 Å². The van der Waals surface area contributed by atoms with E-state index in [2.05, 4.69) is 37.8 Å². The number of hydrogen-bond acceptors (Lipinski definition) is 7. The van der Waals surface area contributed by atoms with Gasteiger partial charge in [-0.25, -0.2) is 14.8 Å². The largest absolute Gasteiger partial charge is 0.508 e. The minimum Gasteiger partial charge on any atom is -0.508 e. The number of anilines is 1. The monoisotopic (exact) mass is 473 g/mol. The number of rotatable bonds is 7. The van der Waals surface area contributed by atoms with Crippen LogP contribution >= 0.6 is 15.9 Å². The predicted octanol–water partition coefficient (Wildman–Crippen LogP) is 4.97.